The maximum Gasteiger partial charge on any atom is 0.148 e. The van der Waals surface area contributed by atoms with Crippen LogP contribution in [-0.2, 0) is 0 Å². The molecule has 0 amide bonds. The van der Waals surface area contributed by atoms with Crippen molar-refractivity contribution in [1.82, 2.24) is 0 Å². The molecule has 1 fully saturated rings. The highest BCUT2D eigenvalue weighted by Gasteiger charge is 2.41. The highest BCUT2D eigenvalue weighted by molar-refractivity contribution is 5.52. The first-order valence-corrected chi connectivity index (χ1v) is 5.05. The molecule has 0 aromatic heterocycles. The zero-order valence-corrected chi connectivity index (χ0v) is 8.46. The average molecular weight is 210 g/mol. The van der Waals surface area contributed by atoms with Gasteiger partial charge < -0.3 is 16.2 Å². The molecule has 1 aliphatic rings. The van der Waals surface area contributed by atoms with Gasteiger partial charge in [-0.3, -0.25) is 0 Å². The monoisotopic (exact) mass is 210 g/mol. The number of rotatable bonds is 4. The van der Waals surface area contributed by atoms with E-state index in [2.05, 4.69) is 5.32 Å². The fraction of sp³-hybridized carbons (Fsp3) is 0.455. The molecule has 1 aromatic carbocycles. The predicted octanol–water partition coefficient (Wildman–Crippen LogP) is 1.59. The third kappa shape index (κ3) is 2.21. The number of nitrogen functional groups attached to an aromatic ring is 1. The van der Waals surface area contributed by atoms with E-state index in [1.54, 1.807) is 12.1 Å². The van der Waals surface area contributed by atoms with Crippen molar-refractivity contribution in [2.75, 3.05) is 24.2 Å². The highest BCUT2D eigenvalue weighted by atomic mass is 19.1. The number of nitrogens with two attached hydrogens (primary N) is 1. The third-order valence-corrected chi connectivity index (χ3v) is 2.94. The smallest absolute Gasteiger partial charge is 0.148 e. The van der Waals surface area contributed by atoms with Crippen molar-refractivity contribution in [3.63, 3.8) is 0 Å². The molecular formula is C11H15FN2O. The summed E-state index contributed by atoms with van der Waals surface area (Å²) in [5.74, 6) is -0.344. The van der Waals surface area contributed by atoms with E-state index in [1.807, 2.05) is 0 Å². The molecule has 4 N–H and O–H groups in total. The van der Waals surface area contributed by atoms with Crippen LogP contribution in [0.2, 0.25) is 0 Å². The largest absolute Gasteiger partial charge is 0.399 e. The van der Waals surface area contributed by atoms with Gasteiger partial charge in [0.2, 0.25) is 0 Å². The minimum Gasteiger partial charge on any atom is -0.399 e. The first-order chi connectivity index (χ1) is 7.15. The summed E-state index contributed by atoms with van der Waals surface area (Å²) in [5.41, 5.74) is 6.29. The second-order valence-electron chi connectivity index (χ2n) is 4.25. The van der Waals surface area contributed by atoms with Gasteiger partial charge in [0.15, 0.2) is 0 Å². The normalized spacial score (nSPS) is 17.5. The number of hydrogen-bond donors (Lipinski definition) is 3. The molecule has 0 saturated heterocycles. The molecule has 1 saturated carbocycles. The zero-order valence-electron chi connectivity index (χ0n) is 8.46. The van der Waals surface area contributed by atoms with Crippen molar-refractivity contribution in [2.45, 2.75) is 12.8 Å². The first-order valence-electron chi connectivity index (χ1n) is 5.05. The Kier molecular flexibility index (Phi) is 2.52. The molecule has 82 valence electrons. The van der Waals surface area contributed by atoms with E-state index in [1.165, 1.54) is 6.07 Å². The summed E-state index contributed by atoms with van der Waals surface area (Å²) in [7, 11) is 0. The standard InChI is InChI=1S/C11H15FN2O/c12-9-5-8(13)1-2-10(9)14-6-11(7-15)3-4-11/h1-2,5,14-15H,3-4,6-7,13H2. The molecular weight excluding hydrogens is 195 g/mol. The van der Waals surface area contributed by atoms with E-state index in [4.69, 9.17) is 10.8 Å². The van der Waals surface area contributed by atoms with Gasteiger partial charge in [0.25, 0.3) is 0 Å². The molecule has 0 heterocycles. The lowest BCUT2D eigenvalue weighted by atomic mass is 10.1. The number of halogens is 1. The lowest BCUT2D eigenvalue weighted by molar-refractivity contribution is 0.219. The Labute approximate surface area is 88.1 Å². The van der Waals surface area contributed by atoms with Crippen LogP contribution in [0.4, 0.5) is 15.8 Å². The summed E-state index contributed by atoms with van der Waals surface area (Å²) in [6.45, 7) is 0.779. The van der Waals surface area contributed by atoms with E-state index in [0.717, 1.165) is 12.8 Å². The van der Waals surface area contributed by atoms with Crippen LogP contribution in [0, 0.1) is 11.2 Å². The Bertz CT molecular complexity index is 364. The van der Waals surface area contributed by atoms with E-state index in [9.17, 15) is 4.39 Å². The van der Waals surface area contributed by atoms with Gasteiger partial charge in [-0.1, -0.05) is 0 Å². The number of benzene rings is 1. The van der Waals surface area contributed by atoms with Gasteiger partial charge in [0.05, 0.1) is 12.3 Å². The molecule has 3 nitrogen and oxygen atoms in total. The van der Waals surface area contributed by atoms with E-state index in [0.29, 0.717) is 17.9 Å². The fourth-order valence-electron chi connectivity index (χ4n) is 1.53. The Balaban J connectivity index is 1.99. The molecule has 0 spiro atoms. The molecule has 4 heteroatoms. The van der Waals surface area contributed by atoms with E-state index in [-0.39, 0.29) is 17.8 Å². The summed E-state index contributed by atoms with van der Waals surface area (Å²) in [4.78, 5) is 0. The second-order valence-corrected chi connectivity index (χ2v) is 4.25. The van der Waals surface area contributed by atoms with E-state index < -0.39 is 0 Å². The van der Waals surface area contributed by atoms with Gasteiger partial charge in [-0.2, -0.15) is 0 Å². The van der Waals surface area contributed by atoms with Crippen molar-refractivity contribution in [3.05, 3.63) is 24.0 Å². The number of nitrogens with one attached hydrogen (secondary N) is 1. The first kappa shape index (κ1) is 10.2. The van der Waals surface area contributed by atoms with Crippen molar-refractivity contribution in [1.29, 1.82) is 0 Å². The van der Waals surface area contributed by atoms with Crippen LogP contribution < -0.4 is 11.1 Å². The molecule has 0 bridgehead atoms. The predicted molar refractivity (Wildman–Crippen MR) is 58.1 cm³/mol. The Morgan fingerprint density at radius 2 is 2.20 bits per heavy atom. The van der Waals surface area contributed by atoms with Gasteiger partial charge in [0, 0.05) is 17.6 Å². The van der Waals surface area contributed by atoms with Gasteiger partial charge in [-0.25, -0.2) is 4.39 Å². The summed E-state index contributed by atoms with van der Waals surface area (Å²) in [6.07, 6.45) is 2.01. The molecule has 0 aliphatic heterocycles. The molecule has 1 aliphatic carbocycles. The minimum absolute atomic E-state index is 0.0200. The van der Waals surface area contributed by atoms with Crippen LogP contribution in [-0.4, -0.2) is 18.3 Å². The number of hydrogen-bond acceptors (Lipinski definition) is 3. The van der Waals surface area contributed by atoms with Gasteiger partial charge >= 0.3 is 0 Å². The molecule has 0 atom stereocenters. The maximum absolute atomic E-state index is 13.3. The molecule has 0 radical (unpaired) electrons. The summed E-state index contributed by atoms with van der Waals surface area (Å²) < 4.78 is 13.3. The summed E-state index contributed by atoms with van der Waals surface area (Å²) in [5, 5.41) is 12.1. The number of aliphatic hydroxyl groups excluding tert-OH is 1. The van der Waals surface area contributed by atoms with Gasteiger partial charge in [-0.05, 0) is 31.0 Å². The van der Waals surface area contributed by atoms with Gasteiger partial charge in [0.1, 0.15) is 5.82 Å². The maximum atomic E-state index is 13.3. The van der Waals surface area contributed by atoms with Crippen LogP contribution in [0.3, 0.4) is 0 Å². The van der Waals surface area contributed by atoms with Crippen molar-refractivity contribution in [3.8, 4) is 0 Å². The molecule has 15 heavy (non-hydrogen) atoms. The van der Waals surface area contributed by atoms with E-state index >= 15 is 0 Å². The Hall–Kier alpha value is -1.29. The SMILES string of the molecule is Nc1ccc(NCC2(CO)CC2)c(F)c1. The van der Waals surface area contributed by atoms with Crippen LogP contribution in [0.25, 0.3) is 0 Å². The molecule has 2 rings (SSSR count). The lowest BCUT2D eigenvalue weighted by Gasteiger charge is -2.14. The third-order valence-electron chi connectivity index (χ3n) is 2.94. The number of aliphatic hydroxyl groups is 1. The molecule has 1 aromatic rings. The van der Waals surface area contributed by atoms with Gasteiger partial charge in [-0.15, -0.1) is 0 Å². The minimum atomic E-state index is -0.344. The fourth-order valence-corrected chi connectivity index (χ4v) is 1.53. The van der Waals surface area contributed by atoms with Crippen LogP contribution in [0.5, 0.6) is 0 Å². The zero-order chi connectivity index (χ0) is 10.9. The summed E-state index contributed by atoms with van der Waals surface area (Å²) in [6, 6.07) is 4.57. The van der Waals surface area contributed by atoms with Crippen LogP contribution >= 0.6 is 0 Å². The number of anilines is 2. The average Bonchev–Trinajstić information content (AvgIpc) is 2.97. The second kappa shape index (κ2) is 3.70. The lowest BCUT2D eigenvalue weighted by Crippen LogP contribution is -2.19. The Morgan fingerprint density at radius 3 is 2.73 bits per heavy atom. The van der Waals surface area contributed by atoms with Crippen molar-refractivity contribution in [2.24, 2.45) is 5.41 Å². The van der Waals surface area contributed by atoms with Crippen molar-refractivity contribution >= 4 is 11.4 Å². The molecule has 0 unspecified atom stereocenters. The van der Waals surface area contributed by atoms with Crippen molar-refractivity contribution < 1.29 is 9.50 Å². The Morgan fingerprint density at radius 1 is 1.47 bits per heavy atom. The van der Waals surface area contributed by atoms with Crippen LogP contribution in [0.15, 0.2) is 18.2 Å². The summed E-state index contributed by atoms with van der Waals surface area (Å²) >= 11 is 0. The van der Waals surface area contributed by atoms with Crippen LogP contribution in [0.1, 0.15) is 12.8 Å². The highest BCUT2D eigenvalue weighted by Crippen LogP contribution is 2.45. The topological polar surface area (TPSA) is 58.3 Å². The quantitative estimate of drug-likeness (QED) is 0.661.